The second-order valence-electron chi connectivity index (χ2n) is 5.01. The van der Waals surface area contributed by atoms with Crippen LogP contribution in [0.1, 0.15) is 18.6 Å². The first-order chi connectivity index (χ1) is 9.83. The van der Waals surface area contributed by atoms with Crippen molar-refractivity contribution in [2.45, 2.75) is 25.5 Å². The van der Waals surface area contributed by atoms with Crippen molar-refractivity contribution in [3.05, 3.63) is 48.0 Å². The van der Waals surface area contributed by atoms with Gasteiger partial charge in [0, 0.05) is 13.2 Å². The van der Waals surface area contributed by atoms with Crippen molar-refractivity contribution in [2.24, 2.45) is 0 Å². The Kier molecular flexibility index (Phi) is 4.14. The fraction of sp³-hybridized carbons (Fsp3) is 0.375. The molecule has 0 bridgehead atoms. The Morgan fingerprint density at radius 2 is 2.10 bits per heavy atom. The molecule has 0 saturated carbocycles. The summed E-state index contributed by atoms with van der Waals surface area (Å²) in [5.41, 5.74) is 0.498. The lowest BCUT2D eigenvalue weighted by atomic mass is 10.1. The average Bonchev–Trinajstić information content (AvgIpc) is 3.11. The number of hydrogen-bond acceptors (Lipinski definition) is 3. The fourth-order valence-corrected chi connectivity index (χ4v) is 2.44. The third kappa shape index (κ3) is 3.08. The summed E-state index contributed by atoms with van der Waals surface area (Å²) in [7, 11) is 0. The summed E-state index contributed by atoms with van der Waals surface area (Å²) in [6.07, 6.45) is 2.58. The van der Waals surface area contributed by atoms with Gasteiger partial charge in [-0.2, -0.15) is 0 Å². The van der Waals surface area contributed by atoms with Crippen LogP contribution in [0.3, 0.4) is 0 Å². The lowest BCUT2D eigenvalue weighted by Crippen LogP contribution is -2.25. The third-order valence-corrected chi connectivity index (χ3v) is 3.50. The molecule has 1 aliphatic heterocycles. The maximum Gasteiger partial charge on any atom is 0.137 e. The average molecular weight is 275 g/mol. The molecule has 2 aromatic rings. The molecule has 2 heterocycles. The van der Waals surface area contributed by atoms with E-state index in [1.54, 1.807) is 18.2 Å². The van der Waals surface area contributed by atoms with Crippen molar-refractivity contribution < 1.29 is 13.5 Å². The Hall–Kier alpha value is -1.65. The van der Waals surface area contributed by atoms with Gasteiger partial charge < -0.3 is 14.5 Å². The summed E-state index contributed by atoms with van der Waals surface area (Å²) in [6.45, 7) is 2.33. The fourth-order valence-electron chi connectivity index (χ4n) is 2.44. The van der Waals surface area contributed by atoms with Gasteiger partial charge in [0.25, 0.3) is 0 Å². The Labute approximate surface area is 117 Å². The normalized spacial score (nSPS) is 18.6. The third-order valence-electron chi connectivity index (χ3n) is 3.50. The minimum absolute atomic E-state index is 0.263. The number of nitrogens with one attached hydrogen (secondary N) is 1. The lowest BCUT2D eigenvalue weighted by Gasteiger charge is -2.09. The molecule has 0 unspecified atom stereocenters. The van der Waals surface area contributed by atoms with Crippen LogP contribution in [0.15, 0.2) is 40.8 Å². The maximum absolute atomic E-state index is 13.6. The summed E-state index contributed by atoms with van der Waals surface area (Å²) in [6, 6.07) is 10.3. The Morgan fingerprint density at radius 1 is 1.20 bits per heavy atom. The van der Waals surface area contributed by atoms with Crippen LogP contribution in [-0.4, -0.2) is 19.3 Å². The minimum Gasteiger partial charge on any atom is -0.460 e. The largest absolute Gasteiger partial charge is 0.460 e. The summed E-state index contributed by atoms with van der Waals surface area (Å²) in [5.74, 6) is 1.11. The van der Waals surface area contributed by atoms with E-state index in [0.717, 1.165) is 31.8 Å². The first kappa shape index (κ1) is 13.3. The lowest BCUT2D eigenvalue weighted by molar-refractivity contribution is 0.109. The highest BCUT2D eigenvalue weighted by molar-refractivity contribution is 5.58. The van der Waals surface area contributed by atoms with Gasteiger partial charge in [0.1, 0.15) is 17.3 Å². The molecular formula is C16H18FNO2. The predicted molar refractivity (Wildman–Crippen MR) is 74.8 cm³/mol. The van der Waals surface area contributed by atoms with Crippen molar-refractivity contribution in [2.75, 3.05) is 13.2 Å². The summed E-state index contributed by atoms with van der Waals surface area (Å²) >= 11 is 0. The van der Waals surface area contributed by atoms with E-state index < -0.39 is 0 Å². The number of furan rings is 1. The Balaban J connectivity index is 1.58. The van der Waals surface area contributed by atoms with Gasteiger partial charge in [-0.15, -0.1) is 0 Å². The van der Waals surface area contributed by atoms with E-state index in [1.165, 1.54) is 6.07 Å². The van der Waals surface area contributed by atoms with Crippen molar-refractivity contribution in [1.82, 2.24) is 5.32 Å². The SMILES string of the molecule is Fc1ccccc1-c1ccc(CNC[C@@H]2CCCO2)o1. The number of ether oxygens (including phenoxy) is 1. The monoisotopic (exact) mass is 275 g/mol. The van der Waals surface area contributed by atoms with Crippen molar-refractivity contribution >= 4 is 0 Å². The van der Waals surface area contributed by atoms with Crippen LogP contribution < -0.4 is 5.32 Å². The second-order valence-corrected chi connectivity index (χ2v) is 5.01. The minimum atomic E-state index is -0.263. The van der Waals surface area contributed by atoms with Crippen LogP contribution in [0.4, 0.5) is 4.39 Å². The van der Waals surface area contributed by atoms with Crippen molar-refractivity contribution in [1.29, 1.82) is 0 Å². The zero-order valence-electron chi connectivity index (χ0n) is 11.3. The molecule has 1 N–H and O–H groups in total. The highest BCUT2D eigenvalue weighted by Gasteiger charge is 2.15. The molecular weight excluding hydrogens is 257 g/mol. The van der Waals surface area contributed by atoms with Gasteiger partial charge >= 0.3 is 0 Å². The molecule has 1 saturated heterocycles. The van der Waals surface area contributed by atoms with Gasteiger partial charge in [0.2, 0.25) is 0 Å². The highest BCUT2D eigenvalue weighted by atomic mass is 19.1. The van der Waals surface area contributed by atoms with Crippen molar-refractivity contribution in [3.63, 3.8) is 0 Å². The first-order valence-electron chi connectivity index (χ1n) is 6.99. The molecule has 0 aliphatic carbocycles. The maximum atomic E-state index is 13.6. The standard InChI is InChI=1S/C16H18FNO2/c17-15-6-2-1-5-14(15)16-8-7-13(20-16)11-18-10-12-4-3-9-19-12/h1-2,5-8,12,18H,3-4,9-11H2/t12-/m0/s1. The molecule has 1 aromatic carbocycles. The second kappa shape index (κ2) is 6.20. The molecule has 1 fully saturated rings. The zero-order valence-corrected chi connectivity index (χ0v) is 11.3. The highest BCUT2D eigenvalue weighted by Crippen LogP contribution is 2.24. The smallest absolute Gasteiger partial charge is 0.137 e. The summed E-state index contributed by atoms with van der Waals surface area (Å²) in [4.78, 5) is 0. The zero-order chi connectivity index (χ0) is 13.8. The molecule has 3 rings (SSSR count). The van der Waals surface area contributed by atoms with E-state index in [2.05, 4.69) is 5.32 Å². The molecule has 0 amide bonds. The number of hydrogen-bond donors (Lipinski definition) is 1. The van der Waals surface area contributed by atoms with Crippen LogP contribution in [0, 0.1) is 5.82 Å². The van der Waals surface area contributed by atoms with Gasteiger partial charge in [-0.1, -0.05) is 12.1 Å². The molecule has 0 radical (unpaired) electrons. The number of halogens is 1. The van der Waals surface area contributed by atoms with Gasteiger partial charge in [0.05, 0.1) is 18.2 Å². The van der Waals surface area contributed by atoms with E-state index in [1.807, 2.05) is 12.1 Å². The molecule has 4 heteroatoms. The van der Waals surface area contributed by atoms with E-state index in [4.69, 9.17) is 9.15 Å². The van der Waals surface area contributed by atoms with Crippen LogP contribution in [0.5, 0.6) is 0 Å². The van der Waals surface area contributed by atoms with Gasteiger partial charge in [-0.05, 0) is 37.1 Å². The molecule has 20 heavy (non-hydrogen) atoms. The van der Waals surface area contributed by atoms with Crippen molar-refractivity contribution in [3.8, 4) is 11.3 Å². The van der Waals surface area contributed by atoms with Crippen LogP contribution in [0.25, 0.3) is 11.3 Å². The van der Waals surface area contributed by atoms with Gasteiger partial charge in [-0.25, -0.2) is 4.39 Å². The molecule has 1 atom stereocenters. The van der Waals surface area contributed by atoms with Gasteiger partial charge in [-0.3, -0.25) is 0 Å². The van der Waals surface area contributed by atoms with E-state index in [-0.39, 0.29) is 5.82 Å². The summed E-state index contributed by atoms with van der Waals surface area (Å²) in [5, 5.41) is 3.31. The molecule has 1 aromatic heterocycles. The van der Waals surface area contributed by atoms with Crippen LogP contribution in [-0.2, 0) is 11.3 Å². The van der Waals surface area contributed by atoms with E-state index in [9.17, 15) is 4.39 Å². The molecule has 106 valence electrons. The van der Waals surface area contributed by atoms with Gasteiger partial charge in [0.15, 0.2) is 0 Å². The summed E-state index contributed by atoms with van der Waals surface area (Å²) < 4.78 is 24.9. The number of rotatable bonds is 5. The number of benzene rings is 1. The quantitative estimate of drug-likeness (QED) is 0.908. The van der Waals surface area contributed by atoms with Crippen LogP contribution >= 0.6 is 0 Å². The van der Waals surface area contributed by atoms with E-state index >= 15 is 0 Å². The van der Waals surface area contributed by atoms with E-state index in [0.29, 0.717) is 24.0 Å². The molecule has 0 spiro atoms. The molecule has 1 aliphatic rings. The first-order valence-corrected chi connectivity index (χ1v) is 6.99. The Bertz CT molecular complexity index is 561. The molecule has 3 nitrogen and oxygen atoms in total. The Morgan fingerprint density at radius 3 is 2.90 bits per heavy atom. The predicted octanol–water partition coefficient (Wildman–Crippen LogP) is 3.35. The topological polar surface area (TPSA) is 34.4 Å². The van der Waals surface area contributed by atoms with Crippen LogP contribution in [0.2, 0.25) is 0 Å².